The summed E-state index contributed by atoms with van der Waals surface area (Å²) in [7, 11) is 0. The number of aryl methyl sites for hydroxylation is 1. The monoisotopic (exact) mass is 258 g/mol. The van der Waals surface area contributed by atoms with Crippen molar-refractivity contribution < 1.29 is 0 Å². The second-order valence-corrected chi connectivity index (χ2v) is 6.15. The van der Waals surface area contributed by atoms with Crippen LogP contribution in [0.4, 0.5) is 0 Å². The van der Waals surface area contributed by atoms with E-state index in [9.17, 15) is 0 Å². The third kappa shape index (κ3) is 1.70. The molecule has 1 aromatic heterocycles. The molecule has 1 heterocycles. The predicted molar refractivity (Wildman–Crippen MR) is 75.9 cm³/mol. The van der Waals surface area contributed by atoms with E-state index in [1.54, 1.807) is 11.3 Å². The molecule has 1 aliphatic carbocycles. The quantitative estimate of drug-likeness (QED) is 0.849. The lowest BCUT2D eigenvalue weighted by Gasteiger charge is -2.37. The highest BCUT2D eigenvalue weighted by Gasteiger charge is 2.38. The smallest absolute Gasteiger partial charge is 0.117 e. The first-order valence-electron chi connectivity index (χ1n) is 6.42. The van der Waals surface area contributed by atoms with Crippen molar-refractivity contribution in [3.63, 3.8) is 0 Å². The topological polar surface area (TPSA) is 38.9 Å². The minimum atomic E-state index is -0.387. The van der Waals surface area contributed by atoms with Crippen LogP contribution < -0.4 is 5.73 Å². The van der Waals surface area contributed by atoms with E-state index in [1.807, 2.05) is 6.92 Å². The fourth-order valence-electron chi connectivity index (χ4n) is 2.85. The Labute approximate surface area is 112 Å². The van der Waals surface area contributed by atoms with E-state index in [1.165, 1.54) is 11.1 Å². The molecule has 2 nitrogen and oxygen atoms in total. The van der Waals surface area contributed by atoms with Gasteiger partial charge in [-0.3, -0.25) is 0 Å². The number of nitrogens with zero attached hydrogens (tertiary/aromatic N) is 1. The minimum Gasteiger partial charge on any atom is -0.316 e. The summed E-state index contributed by atoms with van der Waals surface area (Å²) >= 11 is 1.68. The van der Waals surface area contributed by atoms with Gasteiger partial charge < -0.3 is 5.73 Å². The largest absolute Gasteiger partial charge is 0.316 e. The second kappa shape index (κ2) is 4.18. The minimum absolute atomic E-state index is 0.387. The van der Waals surface area contributed by atoms with Crippen LogP contribution in [0, 0.1) is 6.92 Å². The Morgan fingerprint density at radius 2 is 2.17 bits per heavy atom. The molecule has 2 unspecified atom stereocenters. The number of nitrogens with two attached hydrogens (primary N) is 1. The van der Waals surface area contributed by atoms with Crippen LogP contribution in [0.15, 0.2) is 29.6 Å². The Bertz CT molecular complexity index is 575. The van der Waals surface area contributed by atoms with E-state index < -0.39 is 0 Å². The zero-order valence-electron chi connectivity index (χ0n) is 10.8. The Hall–Kier alpha value is -1.19. The van der Waals surface area contributed by atoms with E-state index in [2.05, 4.69) is 41.6 Å². The number of rotatable bonds is 1. The first-order chi connectivity index (χ1) is 8.61. The molecule has 2 N–H and O–H groups in total. The number of hydrogen-bond acceptors (Lipinski definition) is 3. The molecule has 1 aliphatic rings. The predicted octanol–water partition coefficient (Wildman–Crippen LogP) is 3.55. The Balaban J connectivity index is 2.17. The van der Waals surface area contributed by atoms with Crippen molar-refractivity contribution in [1.29, 1.82) is 0 Å². The highest BCUT2D eigenvalue weighted by atomic mass is 32.1. The molecule has 0 saturated carbocycles. The zero-order valence-corrected chi connectivity index (χ0v) is 11.6. The van der Waals surface area contributed by atoms with Crippen molar-refractivity contribution in [1.82, 2.24) is 4.98 Å². The molecule has 1 aromatic carbocycles. The van der Waals surface area contributed by atoms with Gasteiger partial charge in [-0.05, 0) is 36.8 Å². The van der Waals surface area contributed by atoms with Crippen LogP contribution in [0.3, 0.4) is 0 Å². The second-order valence-electron chi connectivity index (χ2n) is 5.29. The number of benzene rings is 1. The first kappa shape index (κ1) is 11.9. The summed E-state index contributed by atoms with van der Waals surface area (Å²) < 4.78 is 0. The van der Waals surface area contributed by atoms with Crippen LogP contribution in [0.2, 0.25) is 0 Å². The van der Waals surface area contributed by atoms with Crippen molar-refractivity contribution in [2.75, 3.05) is 0 Å². The van der Waals surface area contributed by atoms with E-state index in [4.69, 9.17) is 5.73 Å². The van der Waals surface area contributed by atoms with Crippen LogP contribution in [-0.4, -0.2) is 4.98 Å². The van der Waals surface area contributed by atoms with Crippen molar-refractivity contribution in [2.24, 2.45) is 5.73 Å². The van der Waals surface area contributed by atoms with Crippen molar-refractivity contribution in [2.45, 2.75) is 38.1 Å². The molecule has 0 saturated heterocycles. The normalized spacial score (nSPS) is 26.9. The summed E-state index contributed by atoms with van der Waals surface area (Å²) in [6.07, 6.45) is 2.12. The maximum atomic E-state index is 6.72. The lowest BCUT2D eigenvalue weighted by Crippen LogP contribution is -2.41. The van der Waals surface area contributed by atoms with Crippen molar-refractivity contribution >= 4 is 11.3 Å². The lowest BCUT2D eigenvalue weighted by molar-refractivity contribution is 0.410. The standard InChI is InChI=1S/C15H18N2S/c1-10-7-8-15(16,14-17-11(2)9-18-14)13-6-4-3-5-12(10)13/h3-6,9-10H,7-8,16H2,1-2H3. The van der Waals surface area contributed by atoms with Gasteiger partial charge >= 0.3 is 0 Å². The van der Waals surface area contributed by atoms with E-state index in [0.717, 1.165) is 23.5 Å². The summed E-state index contributed by atoms with van der Waals surface area (Å²) in [5, 5.41) is 3.14. The summed E-state index contributed by atoms with van der Waals surface area (Å²) in [6.45, 7) is 4.31. The molecular formula is C15H18N2S. The number of hydrogen-bond donors (Lipinski definition) is 1. The van der Waals surface area contributed by atoms with Gasteiger partial charge in [0.05, 0.1) is 5.54 Å². The van der Waals surface area contributed by atoms with Crippen molar-refractivity contribution in [3.8, 4) is 0 Å². The van der Waals surface area contributed by atoms with Gasteiger partial charge in [-0.25, -0.2) is 4.98 Å². The van der Waals surface area contributed by atoms with Gasteiger partial charge in [-0.1, -0.05) is 31.2 Å². The molecule has 0 aliphatic heterocycles. The van der Waals surface area contributed by atoms with Crippen LogP contribution in [0.5, 0.6) is 0 Å². The summed E-state index contributed by atoms with van der Waals surface area (Å²) in [5.41, 5.74) is 10.0. The molecule has 2 atom stereocenters. The third-order valence-electron chi connectivity index (χ3n) is 3.94. The third-order valence-corrected chi connectivity index (χ3v) is 5.08. The maximum Gasteiger partial charge on any atom is 0.117 e. The molecule has 2 aromatic rings. The van der Waals surface area contributed by atoms with E-state index in [0.29, 0.717) is 5.92 Å². The molecule has 0 bridgehead atoms. The molecule has 0 amide bonds. The highest BCUT2D eigenvalue weighted by Crippen LogP contribution is 2.44. The van der Waals surface area contributed by atoms with Gasteiger partial charge in [-0.15, -0.1) is 11.3 Å². The van der Waals surface area contributed by atoms with Gasteiger partial charge in [0.15, 0.2) is 0 Å². The van der Waals surface area contributed by atoms with Crippen LogP contribution in [0.25, 0.3) is 0 Å². The van der Waals surface area contributed by atoms with Gasteiger partial charge in [0.25, 0.3) is 0 Å². The molecule has 18 heavy (non-hydrogen) atoms. The average molecular weight is 258 g/mol. The highest BCUT2D eigenvalue weighted by molar-refractivity contribution is 7.09. The maximum absolute atomic E-state index is 6.72. The van der Waals surface area contributed by atoms with Crippen LogP contribution in [-0.2, 0) is 5.54 Å². The molecule has 3 rings (SSSR count). The van der Waals surface area contributed by atoms with Gasteiger partial charge in [0, 0.05) is 11.1 Å². The number of aromatic nitrogens is 1. The molecular weight excluding hydrogens is 240 g/mol. The fraction of sp³-hybridized carbons (Fsp3) is 0.400. The molecule has 0 radical (unpaired) electrons. The van der Waals surface area contributed by atoms with E-state index in [-0.39, 0.29) is 5.54 Å². The molecule has 0 spiro atoms. The molecule has 94 valence electrons. The lowest BCUT2D eigenvalue weighted by atomic mass is 9.73. The van der Waals surface area contributed by atoms with E-state index >= 15 is 0 Å². The van der Waals surface area contributed by atoms with Gasteiger partial charge in [-0.2, -0.15) is 0 Å². The van der Waals surface area contributed by atoms with Crippen molar-refractivity contribution in [3.05, 3.63) is 51.5 Å². The fourth-order valence-corrected chi connectivity index (χ4v) is 3.80. The SMILES string of the molecule is Cc1csc(C2(N)CCC(C)c3ccccc32)n1. The van der Waals surface area contributed by atoms with Crippen LogP contribution in [0.1, 0.15) is 47.5 Å². The van der Waals surface area contributed by atoms with Crippen LogP contribution >= 0.6 is 11.3 Å². The number of fused-ring (bicyclic) bond motifs is 1. The van der Waals surface area contributed by atoms with Gasteiger partial charge in [0.2, 0.25) is 0 Å². The first-order valence-corrected chi connectivity index (χ1v) is 7.30. The summed E-state index contributed by atoms with van der Waals surface area (Å²) in [4.78, 5) is 4.62. The Kier molecular flexibility index (Phi) is 2.76. The Morgan fingerprint density at radius 1 is 1.39 bits per heavy atom. The average Bonchev–Trinajstić information content (AvgIpc) is 2.82. The molecule has 0 fully saturated rings. The Morgan fingerprint density at radius 3 is 2.89 bits per heavy atom. The number of thiazole rings is 1. The zero-order chi connectivity index (χ0) is 12.8. The molecule has 3 heteroatoms. The summed E-state index contributed by atoms with van der Waals surface area (Å²) in [6, 6.07) is 8.57. The van der Waals surface area contributed by atoms with Gasteiger partial charge in [0.1, 0.15) is 5.01 Å². The summed E-state index contributed by atoms with van der Waals surface area (Å²) in [5.74, 6) is 0.596.